The third-order valence-electron chi connectivity index (χ3n) is 3.83. The molecule has 0 spiro atoms. The molecule has 0 saturated carbocycles. The molecule has 1 aliphatic rings. The number of carbonyl (C=O) groups excluding carboxylic acids is 1. The monoisotopic (exact) mass is 297 g/mol. The first-order valence-electron chi connectivity index (χ1n) is 7.37. The Bertz CT molecular complexity index is 687. The summed E-state index contributed by atoms with van der Waals surface area (Å²) in [5, 5.41) is 7.27. The minimum Gasteiger partial charge on any atom is -0.372 e. The molecule has 1 saturated heterocycles. The first-order valence-corrected chi connectivity index (χ1v) is 8.35. The fraction of sp³-hybridized carbons (Fsp3) is 0.278. The Morgan fingerprint density at radius 3 is 2.95 bits per heavy atom. The molecule has 3 rings (SSSR count). The van der Waals surface area contributed by atoms with Gasteiger partial charge in [-0.2, -0.15) is 0 Å². The van der Waals surface area contributed by atoms with Crippen molar-refractivity contribution in [3.8, 4) is 0 Å². The molecule has 1 fully saturated rings. The topological polar surface area (TPSA) is 29.1 Å². The number of Topliss-reactive ketones (excluding diaryl/α,β-unsaturated/α-hetero) is 1. The third kappa shape index (κ3) is 3.13. The quantitative estimate of drug-likeness (QED) is 0.905. The molecule has 3 heteroatoms. The highest BCUT2D eigenvalue weighted by molar-refractivity contribution is 8.03. The van der Waals surface area contributed by atoms with Crippen LogP contribution in [0.5, 0.6) is 0 Å². The summed E-state index contributed by atoms with van der Waals surface area (Å²) < 4.78 is 0. The van der Waals surface area contributed by atoms with E-state index in [1.54, 1.807) is 11.8 Å². The molecular weight excluding hydrogens is 278 g/mol. The molecule has 0 radical (unpaired) electrons. The summed E-state index contributed by atoms with van der Waals surface area (Å²) in [4.78, 5) is 11.4. The molecule has 108 valence electrons. The predicted octanol–water partition coefficient (Wildman–Crippen LogP) is 4.43. The molecule has 2 aromatic carbocycles. The molecule has 2 nitrogen and oxygen atoms in total. The highest BCUT2D eigenvalue weighted by atomic mass is 32.2. The lowest BCUT2D eigenvalue weighted by Gasteiger charge is -2.13. The molecule has 1 heterocycles. The molecule has 0 bridgehead atoms. The van der Waals surface area contributed by atoms with E-state index in [9.17, 15) is 4.79 Å². The predicted molar refractivity (Wildman–Crippen MR) is 90.3 cm³/mol. The van der Waals surface area contributed by atoms with Gasteiger partial charge in [0, 0.05) is 18.6 Å². The summed E-state index contributed by atoms with van der Waals surface area (Å²) in [6.07, 6.45) is 3.18. The van der Waals surface area contributed by atoms with Crippen molar-refractivity contribution in [1.82, 2.24) is 5.32 Å². The molecule has 0 aromatic heterocycles. The number of thioether (sulfide) groups is 1. The Morgan fingerprint density at radius 1 is 1.29 bits per heavy atom. The van der Waals surface area contributed by atoms with Crippen LogP contribution in [0, 0.1) is 0 Å². The average Bonchev–Trinajstić information content (AvgIpc) is 3.00. The summed E-state index contributed by atoms with van der Waals surface area (Å²) in [6.45, 7) is 1.91. The van der Waals surface area contributed by atoms with Crippen molar-refractivity contribution in [2.75, 3.05) is 5.75 Å². The van der Waals surface area contributed by atoms with Gasteiger partial charge in [-0.1, -0.05) is 49.4 Å². The van der Waals surface area contributed by atoms with Crippen LogP contribution < -0.4 is 5.32 Å². The summed E-state index contributed by atoms with van der Waals surface area (Å²) in [5.41, 5.74) is 1.34. The highest BCUT2D eigenvalue weighted by Gasteiger charge is 2.22. The van der Waals surface area contributed by atoms with E-state index in [4.69, 9.17) is 0 Å². The summed E-state index contributed by atoms with van der Waals surface area (Å²) >= 11 is 1.80. The first kappa shape index (κ1) is 14.2. The Morgan fingerprint density at radius 2 is 2.10 bits per heavy atom. The van der Waals surface area contributed by atoms with E-state index >= 15 is 0 Å². The van der Waals surface area contributed by atoms with Gasteiger partial charge >= 0.3 is 0 Å². The van der Waals surface area contributed by atoms with Gasteiger partial charge in [0.05, 0.1) is 11.1 Å². The molecule has 1 N–H and O–H groups in total. The summed E-state index contributed by atoms with van der Waals surface area (Å²) in [6, 6.07) is 15.3. The Hall–Kier alpha value is -1.74. The van der Waals surface area contributed by atoms with Crippen LogP contribution in [-0.2, 0) is 4.79 Å². The number of hydrogen-bond donors (Lipinski definition) is 1. The van der Waals surface area contributed by atoms with E-state index in [1.165, 1.54) is 16.3 Å². The standard InChI is InChI=1S/C18H19NOS/c1-2-14(20)10-11-18-19-17(12-21-18)16-9-5-7-13-6-3-4-8-15(13)16/h3-9,11,17,19H,2,10,12H2,1H3. The van der Waals surface area contributed by atoms with Crippen molar-refractivity contribution >= 4 is 28.3 Å². The van der Waals surface area contributed by atoms with Crippen LogP contribution in [-0.4, -0.2) is 11.5 Å². The number of nitrogens with one attached hydrogen (secondary N) is 1. The van der Waals surface area contributed by atoms with Gasteiger partial charge in [-0.3, -0.25) is 4.79 Å². The molecule has 21 heavy (non-hydrogen) atoms. The number of rotatable bonds is 4. The first-order chi connectivity index (χ1) is 10.3. The van der Waals surface area contributed by atoms with Gasteiger partial charge in [0.15, 0.2) is 0 Å². The zero-order valence-corrected chi connectivity index (χ0v) is 13.0. The van der Waals surface area contributed by atoms with Crippen LogP contribution in [0.15, 0.2) is 53.6 Å². The molecule has 1 atom stereocenters. The van der Waals surface area contributed by atoms with Gasteiger partial charge < -0.3 is 5.32 Å². The van der Waals surface area contributed by atoms with Crippen molar-refractivity contribution in [1.29, 1.82) is 0 Å². The van der Waals surface area contributed by atoms with Crippen molar-refractivity contribution in [3.63, 3.8) is 0 Å². The van der Waals surface area contributed by atoms with Crippen molar-refractivity contribution in [2.24, 2.45) is 0 Å². The molecule has 1 unspecified atom stereocenters. The lowest BCUT2D eigenvalue weighted by Crippen LogP contribution is -2.14. The second-order valence-corrected chi connectivity index (χ2v) is 6.30. The minimum absolute atomic E-state index is 0.290. The number of ketones is 1. The average molecular weight is 297 g/mol. The van der Waals surface area contributed by atoms with E-state index in [0.717, 1.165) is 10.8 Å². The van der Waals surface area contributed by atoms with Crippen LogP contribution in [0.2, 0.25) is 0 Å². The van der Waals surface area contributed by atoms with Gasteiger partial charge in [0.2, 0.25) is 0 Å². The number of hydrogen-bond acceptors (Lipinski definition) is 3. The minimum atomic E-state index is 0.290. The fourth-order valence-electron chi connectivity index (χ4n) is 2.62. The van der Waals surface area contributed by atoms with E-state index in [0.29, 0.717) is 24.7 Å². The van der Waals surface area contributed by atoms with E-state index < -0.39 is 0 Å². The maximum Gasteiger partial charge on any atom is 0.136 e. The molecule has 1 aliphatic heterocycles. The normalized spacial score (nSPS) is 19.9. The van der Waals surface area contributed by atoms with Crippen LogP contribution in [0.3, 0.4) is 0 Å². The lowest BCUT2D eigenvalue weighted by atomic mass is 10.00. The van der Waals surface area contributed by atoms with Gasteiger partial charge in [-0.15, -0.1) is 11.8 Å². The van der Waals surface area contributed by atoms with Crippen molar-refractivity contribution < 1.29 is 4.79 Å². The summed E-state index contributed by atoms with van der Waals surface area (Å²) in [5.74, 6) is 1.30. The van der Waals surface area contributed by atoms with Gasteiger partial charge in [-0.25, -0.2) is 0 Å². The van der Waals surface area contributed by atoms with Crippen molar-refractivity contribution in [2.45, 2.75) is 25.8 Å². The molecule has 0 aliphatic carbocycles. The van der Waals surface area contributed by atoms with Crippen LogP contribution in [0.4, 0.5) is 0 Å². The largest absolute Gasteiger partial charge is 0.372 e. The van der Waals surface area contributed by atoms with E-state index in [1.807, 2.05) is 13.0 Å². The molecular formula is C18H19NOS. The number of fused-ring (bicyclic) bond motifs is 1. The molecule has 0 amide bonds. The molecule has 2 aromatic rings. The zero-order chi connectivity index (χ0) is 14.7. The zero-order valence-electron chi connectivity index (χ0n) is 12.1. The maximum absolute atomic E-state index is 11.4. The Labute approximate surface area is 129 Å². The Balaban J connectivity index is 1.80. The van der Waals surface area contributed by atoms with Crippen molar-refractivity contribution in [3.05, 3.63) is 59.1 Å². The third-order valence-corrected chi connectivity index (χ3v) is 4.93. The van der Waals surface area contributed by atoms with Gasteiger partial charge in [-0.05, 0) is 22.4 Å². The second kappa shape index (κ2) is 6.35. The fourth-order valence-corrected chi connectivity index (χ4v) is 3.65. The van der Waals surface area contributed by atoms with Crippen LogP contribution in [0.25, 0.3) is 10.8 Å². The number of carbonyl (C=O) groups is 1. The Kier molecular flexibility index (Phi) is 4.30. The van der Waals surface area contributed by atoms with Crippen LogP contribution >= 0.6 is 11.8 Å². The van der Waals surface area contributed by atoms with Crippen LogP contribution in [0.1, 0.15) is 31.4 Å². The number of allylic oxidation sites excluding steroid dienone is 1. The summed E-state index contributed by atoms with van der Waals surface area (Å²) in [7, 11) is 0. The number of benzene rings is 2. The smallest absolute Gasteiger partial charge is 0.136 e. The maximum atomic E-state index is 11.4. The lowest BCUT2D eigenvalue weighted by molar-refractivity contribution is -0.117. The van der Waals surface area contributed by atoms with Gasteiger partial charge in [0.1, 0.15) is 5.78 Å². The van der Waals surface area contributed by atoms with Gasteiger partial charge in [0.25, 0.3) is 0 Å². The van der Waals surface area contributed by atoms with E-state index in [2.05, 4.69) is 47.8 Å². The second-order valence-electron chi connectivity index (χ2n) is 5.24. The van der Waals surface area contributed by atoms with E-state index in [-0.39, 0.29) is 0 Å². The SMILES string of the molecule is CCC(=O)CC=C1NC(c2cccc3ccccc23)CS1. The highest BCUT2D eigenvalue weighted by Crippen LogP contribution is 2.35.